The first kappa shape index (κ1) is 16.3. The van der Waals surface area contributed by atoms with E-state index >= 15 is 0 Å². The number of aromatic nitrogens is 3. The molecule has 0 amide bonds. The fourth-order valence-corrected chi connectivity index (χ4v) is 4.12. The summed E-state index contributed by atoms with van der Waals surface area (Å²) in [4.78, 5) is 16.3. The quantitative estimate of drug-likeness (QED) is 0.632. The van der Waals surface area contributed by atoms with Crippen molar-refractivity contribution in [3.8, 4) is 0 Å². The summed E-state index contributed by atoms with van der Waals surface area (Å²) in [6, 6.07) is 8.19. The van der Waals surface area contributed by atoms with Crippen LogP contribution < -0.4 is 0 Å². The molecule has 1 aromatic carbocycles. The number of carbonyl (C=O) groups is 1. The van der Waals surface area contributed by atoms with Crippen molar-refractivity contribution in [2.24, 2.45) is 5.92 Å². The topological polar surface area (TPSA) is 57.0 Å². The lowest BCUT2D eigenvalue weighted by Gasteiger charge is -2.21. The third-order valence-electron chi connectivity index (χ3n) is 4.83. The third kappa shape index (κ3) is 3.06. The second-order valence-corrected chi connectivity index (χ2v) is 7.29. The summed E-state index contributed by atoms with van der Waals surface area (Å²) < 4.78 is 7.97. The fourth-order valence-electron chi connectivity index (χ4n) is 3.60. The first-order valence-corrected chi connectivity index (χ1v) is 9.09. The van der Waals surface area contributed by atoms with Crippen LogP contribution >= 0.6 is 15.9 Å². The van der Waals surface area contributed by atoms with Gasteiger partial charge in [0.25, 0.3) is 0 Å². The van der Waals surface area contributed by atoms with Gasteiger partial charge in [0.15, 0.2) is 0 Å². The Balaban J connectivity index is 1.66. The first-order chi connectivity index (χ1) is 12.2. The molecule has 0 radical (unpaired) electrons. The van der Waals surface area contributed by atoms with Crippen molar-refractivity contribution in [3.05, 3.63) is 58.0 Å². The van der Waals surface area contributed by atoms with Crippen LogP contribution in [-0.4, -0.2) is 27.8 Å². The highest BCUT2D eigenvalue weighted by molar-refractivity contribution is 9.10. The van der Waals surface area contributed by atoms with E-state index in [-0.39, 0.29) is 11.9 Å². The van der Waals surface area contributed by atoms with Crippen LogP contribution in [0.1, 0.15) is 23.2 Å². The van der Waals surface area contributed by atoms with Gasteiger partial charge in [0.2, 0.25) is 0 Å². The summed E-state index contributed by atoms with van der Waals surface area (Å²) in [5.41, 5.74) is 4.49. The van der Waals surface area contributed by atoms with Crippen LogP contribution in [-0.2, 0) is 28.9 Å². The predicted octanol–water partition coefficient (Wildman–Crippen LogP) is 3.52. The van der Waals surface area contributed by atoms with Gasteiger partial charge in [-0.3, -0.25) is 14.5 Å². The number of nitrogens with zero attached hydrogens (tertiary/aromatic N) is 3. The lowest BCUT2D eigenvalue weighted by molar-refractivity contribution is -0.145. The Morgan fingerprint density at radius 3 is 3.16 bits per heavy atom. The molecule has 0 unspecified atom stereocenters. The molecule has 1 aliphatic rings. The number of methoxy groups -OCH3 is 1. The number of hydrogen-bond acceptors (Lipinski definition) is 4. The molecular weight excluding hydrogens is 382 g/mol. The Morgan fingerprint density at radius 1 is 1.44 bits per heavy atom. The molecule has 128 valence electrons. The van der Waals surface area contributed by atoms with Gasteiger partial charge in [-0.1, -0.05) is 22.0 Å². The van der Waals surface area contributed by atoms with Crippen molar-refractivity contribution < 1.29 is 9.53 Å². The maximum atomic E-state index is 11.8. The highest BCUT2D eigenvalue weighted by Crippen LogP contribution is 2.28. The molecule has 0 bridgehead atoms. The van der Waals surface area contributed by atoms with Crippen molar-refractivity contribution in [2.75, 3.05) is 7.11 Å². The smallest absolute Gasteiger partial charge is 0.309 e. The van der Waals surface area contributed by atoms with Gasteiger partial charge >= 0.3 is 5.97 Å². The van der Waals surface area contributed by atoms with Crippen LogP contribution in [0.25, 0.3) is 10.9 Å². The lowest BCUT2D eigenvalue weighted by atomic mass is 9.88. The Bertz CT molecular complexity index is 951. The molecule has 5 nitrogen and oxygen atoms in total. The summed E-state index contributed by atoms with van der Waals surface area (Å²) >= 11 is 3.59. The summed E-state index contributed by atoms with van der Waals surface area (Å²) in [5.74, 6) is -0.177. The molecule has 3 aromatic rings. The minimum Gasteiger partial charge on any atom is -0.469 e. The van der Waals surface area contributed by atoms with Crippen LogP contribution in [0.15, 0.2) is 41.1 Å². The van der Waals surface area contributed by atoms with Gasteiger partial charge in [-0.2, -0.15) is 5.10 Å². The molecule has 0 saturated heterocycles. The van der Waals surface area contributed by atoms with E-state index in [0.717, 1.165) is 39.3 Å². The third-order valence-corrected chi connectivity index (χ3v) is 5.29. The highest BCUT2D eigenvalue weighted by Gasteiger charge is 2.28. The maximum Gasteiger partial charge on any atom is 0.309 e. The lowest BCUT2D eigenvalue weighted by Crippen LogP contribution is -2.24. The average molecular weight is 400 g/mol. The number of rotatable bonds is 3. The van der Waals surface area contributed by atoms with E-state index < -0.39 is 0 Å². The molecule has 0 aliphatic heterocycles. The molecule has 0 saturated carbocycles. The van der Waals surface area contributed by atoms with Crippen molar-refractivity contribution in [1.82, 2.24) is 14.8 Å². The molecule has 0 fully saturated rings. The minimum atomic E-state index is -0.124. The summed E-state index contributed by atoms with van der Waals surface area (Å²) in [6.07, 6.45) is 6.06. The van der Waals surface area contributed by atoms with E-state index in [2.05, 4.69) is 44.2 Å². The number of halogens is 1. The van der Waals surface area contributed by atoms with Gasteiger partial charge in [-0.15, -0.1) is 0 Å². The molecule has 0 spiro atoms. The second kappa shape index (κ2) is 6.59. The number of carbonyl (C=O) groups excluding carboxylic acids is 1. The minimum absolute atomic E-state index is 0.0523. The first-order valence-electron chi connectivity index (χ1n) is 8.30. The Kier molecular flexibility index (Phi) is 4.29. The number of esters is 1. The van der Waals surface area contributed by atoms with E-state index in [1.54, 1.807) is 0 Å². The van der Waals surface area contributed by atoms with E-state index in [1.165, 1.54) is 12.8 Å². The molecular formula is C19H18BrN3O2. The van der Waals surface area contributed by atoms with Crippen LogP contribution in [0.3, 0.4) is 0 Å². The van der Waals surface area contributed by atoms with E-state index in [9.17, 15) is 4.79 Å². The summed E-state index contributed by atoms with van der Waals surface area (Å²) in [6.45, 7) is 0.672. The standard InChI is InChI=1S/C19H18BrN3O2/c1-25-19(24)13-4-5-17-14(7-13)10-22-23(17)11-15-9-16(20)8-12-3-2-6-21-18(12)15/h2-3,6,8-10,13H,4-5,7,11H2,1H3/t13-/m0/s1. The highest BCUT2D eigenvalue weighted by atomic mass is 79.9. The predicted molar refractivity (Wildman–Crippen MR) is 98.3 cm³/mol. The van der Waals surface area contributed by atoms with Crippen LogP contribution in [0.2, 0.25) is 0 Å². The number of fused-ring (bicyclic) bond motifs is 2. The van der Waals surface area contributed by atoms with E-state index in [4.69, 9.17) is 4.74 Å². The fraction of sp³-hybridized carbons (Fsp3) is 0.316. The molecule has 1 atom stereocenters. The molecule has 1 aliphatic carbocycles. The van der Waals surface area contributed by atoms with E-state index in [0.29, 0.717) is 13.0 Å². The van der Waals surface area contributed by atoms with Gasteiger partial charge in [0.05, 0.1) is 31.3 Å². The molecule has 2 heterocycles. The van der Waals surface area contributed by atoms with Crippen molar-refractivity contribution in [3.63, 3.8) is 0 Å². The Morgan fingerprint density at radius 2 is 2.32 bits per heavy atom. The number of pyridine rings is 1. The zero-order valence-corrected chi connectivity index (χ0v) is 15.5. The summed E-state index contributed by atoms with van der Waals surface area (Å²) in [5, 5.41) is 5.68. The maximum absolute atomic E-state index is 11.8. The zero-order chi connectivity index (χ0) is 17.4. The average Bonchev–Trinajstić information content (AvgIpc) is 3.03. The van der Waals surface area contributed by atoms with Crippen molar-refractivity contribution >= 4 is 32.8 Å². The van der Waals surface area contributed by atoms with Crippen LogP contribution in [0, 0.1) is 5.92 Å². The molecule has 2 aromatic heterocycles. The van der Waals surface area contributed by atoms with E-state index in [1.807, 2.05) is 23.1 Å². The van der Waals surface area contributed by atoms with Crippen LogP contribution in [0.4, 0.5) is 0 Å². The van der Waals surface area contributed by atoms with Crippen molar-refractivity contribution in [1.29, 1.82) is 0 Å². The zero-order valence-electron chi connectivity index (χ0n) is 13.9. The normalized spacial score (nSPS) is 16.6. The van der Waals surface area contributed by atoms with Crippen LogP contribution in [0.5, 0.6) is 0 Å². The number of hydrogen-bond donors (Lipinski definition) is 0. The molecule has 4 rings (SSSR count). The Hall–Kier alpha value is -2.21. The van der Waals surface area contributed by atoms with Gasteiger partial charge < -0.3 is 4.74 Å². The number of ether oxygens (including phenoxy) is 1. The monoisotopic (exact) mass is 399 g/mol. The Labute approximate surface area is 154 Å². The summed E-state index contributed by atoms with van der Waals surface area (Å²) in [7, 11) is 1.45. The largest absolute Gasteiger partial charge is 0.469 e. The molecule has 0 N–H and O–H groups in total. The van der Waals surface area contributed by atoms with Gasteiger partial charge in [0, 0.05) is 27.3 Å². The SMILES string of the molecule is COC(=O)[C@H]1CCc2c(cnn2Cc2cc(Br)cc3cccnc23)C1. The van der Waals surface area contributed by atoms with Gasteiger partial charge in [0.1, 0.15) is 0 Å². The second-order valence-electron chi connectivity index (χ2n) is 6.38. The molecule has 6 heteroatoms. The van der Waals surface area contributed by atoms with Crippen molar-refractivity contribution in [2.45, 2.75) is 25.8 Å². The van der Waals surface area contributed by atoms with Gasteiger partial charge in [-0.05, 0) is 43.0 Å². The number of benzene rings is 1. The van der Waals surface area contributed by atoms with Gasteiger partial charge in [-0.25, -0.2) is 0 Å². The molecule has 25 heavy (non-hydrogen) atoms.